The Morgan fingerprint density at radius 2 is 2.38 bits per heavy atom. The molecule has 0 aromatic carbocycles. The molecule has 0 radical (unpaired) electrons. The molecule has 4 heteroatoms. The van der Waals surface area contributed by atoms with Crippen LogP contribution in [0.5, 0.6) is 0 Å². The number of carbonyl (C=O) groups is 1. The monoisotopic (exact) mass is 120 g/mol. The molecular weight excluding hydrogens is 115 g/mol. The molecule has 46 valence electrons. The first-order valence-corrected chi connectivity index (χ1v) is 1.86. The number of rotatable bonds is 1. The van der Waals surface area contributed by atoms with Gasteiger partial charge < -0.3 is 5.11 Å². The van der Waals surface area contributed by atoms with Gasteiger partial charge in [0.25, 0.3) is 0 Å². The van der Waals surface area contributed by atoms with Crippen molar-refractivity contribution in [3.05, 3.63) is 11.8 Å². The molecule has 0 atom stereocenters. The highest BCUT2D eigenvalue weighted by Gasteiger charge is 2.03. The molecule has 8 heavy (non-hydrogen) atoms. The van der Waals surface area contributed by atoms with Crippen molar-refractivity contribution in [1.82, 2.24) is 0 Å². The minimum absolute atomic E-state index is 0.174. The predicted octanol–water partition coefficient (Wildman–Crippen LogP) is 0.876. The smallest absolute Gasteiger partial charge is 0.378 e. The molecule has 0 saturated heterocycles. The van der Waals surface area contributed by atoms with Gasteiger partial charge in [-0.3, -0.25) is 0 Å². The van der Waals surface area contributed by atoms with E-state index in [2.05, 4.69) is 4.94 Å². The number of hydrogen-bond acceptors (Lipinski definition) is 3. The Morgan fingerprint density at radius 1 is 1.88 bits per heavy atom. The van der Waals surface area contributed by atoms with E-state index in [0.717, 1.165) is 0 Å². The van der Waals surface area contributed by atoms with Gasteiger partial charge in [0.05, 0.1) is 11.8 Å². The molecule has 0 saturated carbocycles. The lowest BCUT2D eigenvalue weighted by Gasteiger charge is -1.87. The van der Waals surface area contributed by atoms with Crippen LogP contribution < -0.4 is 0 Å². The Morgan fingerprint density at radius 3 is 2.50 bits per heavy atom. The van der Waals surface area contributed by atoms with Gasteiger partial charge in [-0.25, -0.2) is 9.74 Å². The van der Waals surface area contributed by atoms with Gasteiger partial charge in [-0.1, -0.05) is 0 Å². The lowest BCUT2D eigenvalue weighted by Crippen LogP contribution is -1.97. The zero-order chi connectivity index (χ0) is 6.57. The molecule has 0 aliphatic heterocycles. The molecule has 0 aromatic rings. The van der Waals surface area contributed by atoms with Gasteiger partial charge in [0.1, 0.15) is 0 Å². The summed E-state index contributed by atoms with van der Waals surface area (Å²) in [5.74, 6) is -1.17. The fourth-order valence-corrected chi connectivity index (χ4v) is 0.114. The number of aliphatic hydroxyl groups is 1. The van der Waals surface area contributed by atoms with Crippen molar-refractivity contribution >= 4 is 5.97 Å². The highest BCUT2D eigenvalue weighted by Crippen LogP contribution is 1.93. The molecular formula is C4H5FO3. The van der Waals surface area contributed by atoms with Crippen molar-refractivity contribution in [2.75, 3.05) is 0 Å². The van der Waals surface area contributed by atoms with Gasteiger partial charge in [-0.15, -0.1) is 0 Å². The minimum atomic E-state index is -1.17. The van der Waals surface area contributed by atoms with Gasteiger partial charge in [0.2, 0.25) is 0 Å². The molecule has 1 N–H and O–H groups in total. The first kappa shape index (κ1) is 6.94. The van der Waals surface area contributed by atoms with Gasteiger partial charge in [-0.2, -0.15) is 0 Å². The number of halogens is 1. The van der Waals surface area contributed by atoms with Gasteiger partial charge in [0, 0.05) is 4.53 Å². The summed E-state index contributed by atoms with van der Waals surface area (Å²) in [7, 11) is 0. The van der Waals surface area contributed by atoms with Crippen LogP contribution in [0.15, 0.2) is 11.8 Å². The molecule has 0 fully saturated rings. The van der Waals surface area contributed by atoms with Gasteiger partial charge >= 0.3 is 5.97 Å². The van der Waals surface area contributed by atoms with E-state index in [1.807, 2.05) is 0 Å². The second-order valence-electron chi connectivity index (χ2n) is 1.18. The summed E-state index contributed by atoms with van der Waals surface area (Å²) in [6, 6.07) is 0. The van der Waals surface area contributed by atoms with E-state index < -0.39 is 5.97 Å². The molecule has 0 rings (SSSR count). The summed E-state index contributed by atoms with van der Waals surface area (Å²) in [5, 5.41) is 8.01. The van der Waals surface area contributed by atoms with Crippen molar-refractivity contribution in [3.63, 3.8) is 0 Å². The van der Waals surface area contributed by atoms with E-state index in [-0.39, 0.29) is 5.57 Å². The third-order valence-electron chi connectivity index (χ3n) is 0.586. The lowest BCUT2D eigenvalue weighted by molar-refractivity contribution is -0.178. The Kier molecular flexibility index (Phi) is 2.61. The Hall–Kier alpha value is -1.06. The van der Waals surface area contributed by atoms with E-state index in [4.69, 9.17) is 5.11 Å². The zero-order valence-corrected chi connectivity index (χ0v) is 4.22. The van der Waals surface area contributed by atoms with Crippen LogP contribution in [0.3, 0.4) is 0 Å². The summed E-state index contributed by atoms with van der Waals surface area (Å²) in [6.45, 7) is 1.22. The Labute approximate surface area is 45.3 Å². The molecule has 0 aliphatic carbocycles. The summed E-state index contributed by atoms with van der Waals surface area (Å²) < 4.78 is 10.8. The van der Waals surface area contributed by atoms with E-state index in [9.17, 15) is 9.32 Å². The van der Waals surface area contributed by atoms with Crippen LogP contribution in [0.4, 0.5) is 4.53 Å². The highest BCUT2D eigenvalue weighted by atomic mass is 19.3. The molecule has 0 aromatic heterocycles. The van der Waals surface area contributed by atoms with E-state index in [1.165, 1.54) is 6.92 Å². The second kappa shape index (κ2) is 3.01. The van der Waals surface area contributed by atoms with E-state index in [1.54, 1.807) is 0 Å². The van der Waals surface area contributed by atoms with E-state index in [0.29, 0.717) is 6.26 Å². The fourth-order valence-electron chi connectivity index (χ4n) is 0.114. The van der Waals surface area contributed by atoms with E-state index >= 15 is 0 Å². The molecule has 0 heterocycles. The summed E-state index contributed by atoms with van der Waals surface area (Å²) in [4.78, 5) is 12.7. The van der Waals surface area contributed by atoms with Crippen molar-refractivity contribution in [3.8, 4) is 0 Å². The maximum atomic E-state index is 10.8. The van der Waals surface area contributed by atoms with Crippen LogP contribution in [0.1, 0.15) is 6.92 Å². The van der Waals surface area contributed by atoms with Crippen molar-refractivity contribution in [2.24, 2.45) is 0 Å². The lowest BCUT2D eigenvalue weighted by atomic mass is 10.4. The van der Waals surface area contributed by atoms with Gasteiger partial charge in [-0.05, 0) is 6.92 Å². The topological polar surface area (TPSA) is 46.5 Å². The standard InChI is InChI=1S/C4H5FO3/c1-3(2-6)4(7)8-5/h2,6H,1H3. The number of carbonyl (C=O) groups excluding carboxylic acids is 1. The Bertz CT molecular complexity index is 118. The normalized spacial score (nSPS) is 11.0. The SMILES string of the molecule is CC(=CO)C(=O)OF. The van der Waals surface area contributed by atoms with Crippen LogP contribution in [-0.4, -0.2) is 11.1 Å². The summed E-state index contributed by atoms with van der Waals surface area (Å²) in [6.07, 6.45) is 0.474. The van der Waals surface area contributed by atoms with Crippen LogP contribution in [0.2, 0.25) is 0 Å². The maximum Gasteiger partial charge on any atom is 0.378 e. The average molecular weight is 120 g/mol. The number of aliphatic hydroxyl groups excluding tert-OH is 1. The van der Waals surface area contributed by atoms with Crippen molar-refractivity contribution < 1.29 is 19.4 Å². The largest absolute Gasteiger partial charge is 0.515 e. The fraction of sp³-hybridized carbons (Fsp3) is 0.250. The average Bonchev–Trinajstić information content (AvgIpc) is 1.84. The quantitative estimate of drug-likeness (QED) is 0.412. The highest BCUT2D eigenvalue weighted by molar-refractivity contribution is 5.86. The summed E-state index contributed by atoms with van der Waals surface area (Å²) in [5.41, 5.74) is -0.174. The molecule has 0 amide bonds. The third-order valence-corrected chi connectivity index (χ3v) is 0.586. The van der Waals surface area contributed by atoms with Crippen LogP contribution in [0.25, 0.3) is 0 Å². The minimum Gasteiger partial charge on any atom is -0.515 e. The third kappa shape index (κ3) is 1.59. The van der Waals surface area contributed by atoms with Crippen LogP contribution in [-0.2, 0) is 9.74 Å². The van der Waals surface area contributed by atoms with Gasteiger partial charge in [0.15, 0.2) is 0 Å². The second-order valence-corrected chi connectivity index (χ2v) is 1.18. The van der Waals surface area contributed by atoms with Crippen molar-refractivity contribution in [2.45, 2.75) is 6.92 Å². The van der Waals surface area contributed by atoms with Crippen molar-refractivity contribution in [1.29, 1.82) is 0 Å². The molecule has 3 nitrogen and oxygen atoms in total. The van der Waals surface area contributed by atoms with Crippen LogP contribution in [0, 0.1) is 0 Å². The first-order chi connectivity index (χ1) is 3.72. The summed E-state index contributed by atoms with van der Waals surface area (Å²) >= 11 is 0. The molecule has 0 bridgehead atoms. The number of hydrogen-bond donors (Lipinski definition) is 1. The van der Waals surface area contributed by atoms with Crippen LogP contribution >= 0.6 is 0 Å². The maximum absolute atomic E-state index is 10.8. The zero-order valence-electron chi connectivity index (χ0n) is 4.22. The Balaban J connectivity index is 3.83. The first-order valence-electron chi connectivity index (χ1n) is 1.86. The molecule has 0 spiro atoms. The molecule has 0 aliphatic rings. The predicted molar refractivity (Wildman–Crippen MR) is 23.6 cm³/mol. The molecule has 0 unspecified atom stereocenters.